The lowest BCUT2D eigenvalue weighted by molar-refractivity contribution is 0.0599. The molecule has 1 aromatic rings. The van der Waals surface area contributed by atoms with E-state index in [1.54, 1.807) is 0 Å². The zero-order chi connectivity index (χ0) is 10.1. The third-order valence-corrected chi connectivity index (χ3v) is 1.82. The molecule has 0 spiro atoms. The maximum Gasteiger partial charge on any atom is 0.261 e. The molecule has 0 amide bonds. The van der Waals surface area contributed by atoms with Gasteiger partial charge in [0.2, 0.25) is 0 Å². The van der Waals surface area contributed by atoms with Gasteiger partial charge in [0.15, 0.2) is 0 Å². The number of nitrogens with two attached hydrogens (primary N) is 1. The van der Waals surface area contributed by atoms with Crippen LogP contribution in [0.15, 0.2) is 12.4 Å². The number of hydrogen-bond acceptors (Lipinski definition) is 3. The number of nitrogens with zero attached hydrogens (tertiary/aromatic N) is 2. The van der Waals surface area contributed by atoms with Gasteiger partial charge in [-0.15, -0.1) is 0 Å². The Balaban J connectivity index is 3.01. The fraction of sp³-hybridized carbons (Fsp3) is 0.429. The number of hydrogen-bond donors (Lipinski definition) is 1. The molecule has 0 aromatic carbocycles. The molecule has 0 saturated carbocycles. The van der Waals surface area contributed by atoms with E-state index in [0.29, 0.717) is 0 Å². The van der Waals surface area contributed by atoms with E-state index in [2.05, 4.69) is 9.97 Å². The summed E-state index contributed by atoms with van der Waals surface area (Å²) in [7, 11) is 0. The van der Waals surface area contributed by atoms with Crippen molar-refractivity contribution in [3.8, 4) is 0 Å². The maximum atomic E-state index is 12.4. The Morgan fingerprint density at radius 3 is 2.46 bits per heavy atom. The number of rotatable bonds is 2. The molecule has 1 unspecified atom stereocenters. The molecule has 72 valence electrons. The molecule has 1 aromatic heterocycles. The third kappa shape index (κ3) is 2.10. The first-order chi connectivity index (χ1) is 5.94. The van der Waals surface area contributed by atoms with Gasteiger partial charge < -0.3 is 5.73 Å². The van der Waals surface area contributed by atoms with Crippen LogP contribution in [0.5, 0.6) is 0 Å². The monoisotopic (exact) mass is 207 g/mol. The minimum Gasteiger partial charge on any atom is -0.316 e. The molecule has 0 saturated heterocycles. The van der Waals surface area contributed by atoms with Crippen LogP contribution < -0.4 is 5.73 Å². The molecule has 1 rings (SSSR count). The molecule has 0 aliphatic carbocycles. The second-order valence-corrected chi connectivity index (χ2v) is 3.19. The predicted octanol–water partition coefficient (Wildman–Crippen LogP) is 1.57. The van der Waals surface area contributed by atoms with Gasteiger partial charge >= 0.3 is 0 Å². The zero-order valence-electron chi connectivity index (χ0n) is 6.84. The van der Waals surface area contributed by atoms with Gasteiger partial charge in [-0.3, -0.25) is 4.98 Å². The van der Waals surface area contributed by atoms with Crippen molar-refractivity contribution < 1.29 is 8.78 Å². The summed E-state index contributed by atoms with van der Waals surface area (Å²) in [6.07, 6.45) is -0.359. The molecule has 0 bridgehead atoms. The first-order valence-corrected chi connectivity index (χ1v) is 3.87. The molecule has 3 nitrogen and oxygen atoms in total. The first kappa shape index (κ1) is 10.3. The van der Waals surface area contributed by atoms with Crippen molar-refractivity contribution in [1.82, 2.24) is 9.97 Å². The van der Waals surface area contributed by atoms with Crippen LogP contribution in [0.25, 0.3) is 0 Å². The smallest absolute Gasteiger partial charge is 0.261 e. The molecule has 0 aliphatic heterocycles. The zero-order valence-corrected chi connectivity index (χ0v) is 7.59. The highest BCUT2D eigenvalue weighted by atomic mass is 35.5. The fourth-order valence-electron chi connectivity index (χ4n) is 0.702. The van der Waals surface area contributed by atoms with Crippen LogP contribution in [0, 0.1) is 0 Å². The van der Waals surface area contributed by atoms with Crippen molar-refractivity contribution in [2.24, 2.45) is 5.73 Å². The second-order valence-electron chi connectivity index (χ2n) is 2.81. The largest absolute Gasteiger partial charge is 0.316 e. The van der Waals surface area contributed by atoms with Crippen LogP contribution in [-0.4, -0.2) is 16.4 Å². The number of halogens is 3. The van der Waals surface area contributed by atoms with Crippen LogP contribution in [0.3, 0.4) is 0 Å². The summed E-state index contributed by atoms with van der Waals surface area (Å²) in [4.78, 5) is 7.29. The van der Waals surface area contributed by atoms with Crippen LogP contribution in [0.1, 0.15) is 12.6 Å². The maximum absolute atomic E-state index is 12.4. The summed E-state index contributed by atoms with van der Waals surface area (Å²) >= 11 is 5.44. The standard InChI is InChI=1S/C7H8ClF2N3/c1-7(11,6(9)10)4-2-13-5(8)3-12-4/h2-3,6H,11H2,1H3. The van der Waals surface area contributed by atoms with Crippen LogP contribution in [-0.2, 0) is 5.54 Å². The highest BCUT2D eigenvalue weighted by molar-refractivity contribution is 6.29. The molecule has 13 heavy (non-hydrogen) atoms. The lowest BCUT2D eigenvalue weighted by Gasteiger charge is -2.21. The summed E-state index contributed by atoms with van der Waals surface area (Å²) < 4.78 is 24.7. The lowest BCUT2D eigenvalue weighted by Crippen LogP contribution is -2.41. The average molecular weight is 208 g/mol. The van der Waals surface area contributed by atoms with Gasteiger partial charge in [0, 0.05) is 0 Å². The van der Waals surface area contributed by atoms with E-state index in [4.69, 9.17) is 17.3 Å². The summed E-state index contributed by atoms with van der Waals surface area (Å²) in [5, 5.41) is 0.147. The van der Waals surface area contributed by atoms with Crippen LogP contribution >= 0.6 is 11.6 Å². The molecule has 6 heteroatoms. The first-order valence-electron chi connectivity index (χ1n) is 3.49. The van der Waals surface area contributed by atoms with Crippen LogP contribution in [0.4, 0.5) is 8.78 Å². The van der Waals surface area contributed by atoms with E-state index >= 15 is 0 Å². The third-order valence-electron chi connectivity index (χ3n) is 1.63. The number of alkyl halides is 2. The summed E-state index contributed by atoms with van der Waals surface area (Å²) in [6.45, 7) is 1.19. The molecule has 0 radical (unpaired) electrons. The highest BCUT2D eigenvalue weighted by Crippen LogP contribution is 2.22. The van der Waals surface area contributed by atoms with Gasteiger partial charge in [-0.05, 0) is 6.92 Å². The highest BCUT2D eigenvalue weighted by Gasteiger charge is 2.34. The summed E-state index contributed by atoms with van der Waals surface area (Å²) in [6, 6.07) is 0. The van der Waals surface area contributed by atoms with E-state index in [1.165, 1.54) is 13.1 Å². The molecule has 1 atom stereocenters. The van der Waals surface area contributed by atoms with Gasteiger partial charge in [0.1, 0.15) is 10.7 Å². The second kappa shape index (κ2) is 3.51. The molecule has 0 aliphatic rings. The van der Waals surface area contributed by atoms with Gasteiger partial charge in [-0.2, -0.15) is 0 Å². The lowest BCUT2D eigenvalue weighted by atomic mass is 10.0. The topological polar surface area (TPSA) is 51.8 Å². The normalized spacial score (nSPS) is 15.8. The van der Waals surface area contributed by atoms with Gasteiger partial charge in [-0.1, -0.05) is 11.6 Å². The van der Waals surface area contributed by atoms with Crippen molar-refractivity contribution in [1.29, 1.82) is 0 Å². The summed E-state index contributed by atoms with van der Waals surface area (Å²) in [5.41, 5.74) is 3.58. The van der Waals surface area contributed by atoms with Crippen molar-refractivity contribution in [3.63, 3.8) is 0 Å². The Kier molecular flexibility index (Phi) is 2.77. The van der Waals surface area contributed by atoms with E-state index in [9.17, 15) is 8.78 Å². The van der Waals surface area contributed by atoms with E-state index in [-0.39, 0.29) is 10.8 Å². The van der Waals surface area contributed by atoms with Crippen LogP contribution in [0.2, 0.25) is 5.15 Å². The predicted molar refractivity (Wildman–Crippen MR) is 44.6 cm³/mol. The Labute approximate surface area is 78.9 Å². The number of aromatic nitrogens is 2. The molecule has 0 fully saturated rings. The fourth-order valence-corrected chi connectivity index (χ4v) is 0.800. The Bertz CT molecular complexity index is 286. The molecular formula is C7H8ClF2N3. The van der Waals surface area contributed by atoms with E-state index < -0.39 is 12.0 Å². The van der Waals surface area contributed by atoms with Crippen molar-refractivity contribution in [2.75, 3.05) is 0 Å². The summed E-state index contributed by atoms with van der Waals surface area (Å²) in [5.74, 6) is 0. The molecular weight excluding hydrogens is 200 g/mol. The Morgan fingerprint density at radius 2 is 2.08 bits per heavy atom. The molecule has 2 N–H and O–H groups in total. The Morgan fingerprint density at radius 1 is 1.46 bits per heavy atom. The van der Waals surface area contributed by atoms with E-state index in [1.807, 2.05) is 0 Å². The van der Waals surface area contributed by atoms with Crippen molar-refractivity contribution >= 4 is 11.6 Å². The Hall–Kier alpha value is -0.810. The van der Waals surface area contributed by atoms with Crippen molar-refractivity contribution in [2.45, 2.75) is 18.9 Å². The molecule has 1 heterocycles. The minimum atomic E-state index is -2.69. The minimum absolute atomic E-state index is 0.0203. The SMILES string of the molecule is CC(N)(c1cnc(Cl)cn1)C(F)F. The van der Waals surface area contributed by atoms with Gasteiger partial charge in [-0.25, -0.2) is 13.8 Å². The average Bonchev–Trinajstić information content (AvgIpc) is 2.04. The van der Waals surface area contributed by atoms with Gasteiger partial charge in [0.25, 0.3) is 6.43 Å². The quantitative estimate of drug-likeness (QED) is 0.801. The van der Waals surface area contributed by atoms with Gasteiger partial charge in [0.05, 0.1) is 18.1 Å². The van der Waals surface area contributed by atoms with Crippen molar-refractivity contribution in [3.05, 3.63) is 23.2 Å². The van der Waals surface area contributed by atoms with E-state index in [0.717, 1.165) is 6.20 Å².